The summed E-state index contributed by atoms with van der Waals surface area (Å²) in [4.78, 5) is 31.5. The summed E-state index contributed by atoms with van der Waals surface area (Å²) in [6.07, 6.45) is 7.28. The van der Waals surface area contributed by atoms with Crippen LogP contribution in [0, 0.1) is 0 Å². The molecular weight excluding hydrogens is 432 g/mol. The third kappa shape index (κ3) is 5.27. The van der Waals surface area contributed by atoms with Gasteiger partial charge in [-0.3, -0.25) is 9.78 Å². The van der Waals surface area contributed by atoms with Crippen LogP contribution in [0.2, 0.25) is 0 Å². The summed E-state index contributed by atoms with van der Waals surface area (Å²) < 4.78 is 35.0. The summed E-state index contributed by atoms with van der Waals surface area (Å²) in [6, 6.07) is 9.70. The topological polar surface area (TPSA) is 103 Å². The van der Waals surface area contributed by atoms with Crippen molar-refractivity contribution in [3.63, 3.8) is 0 Å². The molecule has 1 unspecified atom stereocenters. The van der Waals surface area contributed by atoms with Crippen LogP contribution < -0.4 is 4.74 Å². The van der Waals surface area contributed by atoms with Gasteiger partial charge in [0.25, 0.3) is 5.91 Å². The first-order chi connectivity index (χ1) is 15.4. The second-order valence-corrected chi connectivity index (χ2v) is 10.4. The number of carbonyl (C=O) groups excluding carboxylic acids is 2. The number of ether oxygens (including phenoxy) is 2. The van der Waals surface area contributed by atoms with Crippen molar-refractivity contribution < 1.29 is 27.5 Å². The van der Waals surface area contributed by atoms with Crippen molar-refractivity contribution in [1.29, 1.82) is 0 Å². The zero-order valence-electron chi connectivity index (χ0n) is 17.7. The van der Waals surface area contributed by atoms with Gasteiger partial charge < -0.3 is 14.4 Å². The Morgan fingerprint density at radius 3 is 2.50 bits per heavy atom. The van der Waals surface area contributed by atoms with Crippen molar-refractivity contribution >= 4 is 21.7 Å². The van der Waals surface area contributed by atoms with Gasteiger partial charge in [0, 0.05) is 18.3 Å². The number of aromatic nitrogens is 1. The standard InChI is InChI=1S/C23H26N2O6S/c26-22(25(17-6-1-2-7-17)18-11-13-32(28,29)16-18)15-30-23(27)20-9-3-4-10-21(20)31-19-8-5-12-24-14-19/h3-5,8-10,12,14,17-18H,1-2,6-7,11,13,15-16H2. The monoisotopic (exact) mass is 458 g/mol. The normalized spacial score (nSPS) is 20.1. The molecule has 2 fully saturated rings. The van der Waals surface area contributed by atoms with Gasteiger partial charge in [-0.25, -0.2) is 13.2 Å². The Labute approximate surface area is 187 Å². The molecule has 32 heavy (non-hydrogen) atoms. The van der Waals surface area contributed by atoms with Crippen LogP contribution in [0.4, 0.5) is 0 Å². The van der Waals surface area contributed by atoms with Gasteiger partial charge >= 0.3 is 5.97 Å². The molecule has 1 aromatic carbocycles. The van der Waals surface area contributed by atoms with Crippen LogP contribution >= 0.6 is 0 Å². The van der Waals surface area contributed by atoms with Crippen LogP contribution in [0.25, 0.3) is 0 Å². The molecule has 2 aromatic rings. The van der Waals surface area contributed by atoms with Crippen LogP contribution in [0.5, 0.6) is 11.5 Å². The molecule has 0 radical (unpaired) electrons. The minimum absolute atomic E-state index is 0.000650. The molecule has 1 amide bonds. The van der Waals surface area contributed by atoms with Crippen molar-refractivity contribution in [3.8, 4) is 11.5 Å². The summed E-state index contributed by atoms with van der Waals surface area (Å²) in [5.74, 6) is -0.190. The highest BCUT2D eigenvalue weighted by molar-refractivity contribution is 7.91. The van der Waals surface area contributed by atoms with E-state index in [4.69, 9.17) is 9.47 Å². The van der Waals surface area contributed by atoms with E-state index >= 15 is 0 Å². The number of amides is 1. The first-order valence-electron chi connectivity index (χ1n) is 10.8. The van der Waals surface area contributed by atoms with Crippen LogP contribution in [0.3, 0.4) is 0 Å². The fourth-order valence-electron chi connectivity index (χ4n) is 4.42. The van der Waals surface area contributed by atoms with E-state index in [1.54, 1.807) is 47.5 Å². The first kappa shape index (κ1) is 22.3. The Hall–Kier alpha value is -2.94. The molecule has 1 saturated carbocycles. The second kappa shape index (κ2) is 9.68. The molecule has 1 atom stereocenters. The molecule has 1 aromatic heterocycles. The Bertz CT molecular complexity index is 1070. The number of sulfone groups is 1. The summed E-state index contributed by atoms with van der Waals surface area (Å²) in [5.41, 5.74) is 0.194. The highest BCUT2D eigenvalue weighted by atomic mass is 32.2. The van der Waals surface area contributed by atoms with Gasteiger partial charge in [-0.2, -0.15) is 0 Å². The third-order valence-electron chi connectivity index (χ3n) is 5.90. The minimum atomic E-state index is -3.14. The van der Waals surface area contributed by atoms with E-state index in [9.17, 15) is 18.0 Å². The molecule has 0 bridgehead atoms. The highest BCUT2D eigenvalue weighted by Gasteiger charge is 2.39. The molecule has 0 N–H and O–H groups in total. The number of benzene rings is 1. The number of rotatable bonds is 7. The van der Waals surface area contributed by atoms with E-state index in [1.165, 1.54) is 6.20 Å². The van der Waals surface area contributed by atoms with Crippen molar-refractivity contribution in [3.05, 3.63) is 54.4 Å². The zero-order valence-corrected chi connectivity index (χ0v) is 18.5. The van der Waals surface area contributed by atoms with Crippen molar-refractivity contribution in [2.45, 2.75) is 44.2 Å². The van der Waals surface area contributed by atoms with Gasteiger partial charge in [-0.15, -0.1) is 0 Å². The molecule has 4 rings (SSSR count). The predicted molar refractivity (Wildman–Crippen MR) is 117 cm³/mol. The predicted octanol–water partition coefficient (Wildman–Crippen LogP) is 2.99. The van der Waals surface area contributed by atoms with Gasteiger partial charge in [-0.05, 0) is 43.5 Å². The largest absolute Gasteiger partial charge is 0.455 e. The maximum Gasteiger partial charge on any atom is 0.342 e. The summed E-state index contributed by atoms with van der Waals surface area (Å²) in [6.45, 7) is -0.437. The van der Waals surface area contributed by atoms with Gasteiger partial charge in [0.1, 0.15) is 17.1 Å². The molecule has 1 saturated heterocycles. The van der Waals surface area contributed by atoms with E-state index in [1.807, 2.05) is 0 Å². The minimum Gasteiger partial charge on any atom is -0.455 e. The van der Waals surface area contributed by atoms with E-state index < -0.39 is 22.4 Å². The number of pyridine rings is 1. The number of para-hydroxylation sites is 1. The van der Waals surface area contributed by atoms with Gasteiger partial charge in [0.2, 0.25) is 0 Å². The number of carbonyl (C=O) groups is 2. The van der Waals surface area contributed by atoms with Crippen molar-refractivity contribution in [1.82, 2.24) is 9.88 Å². The molecule has 2 heterocycles. The van der Waals surface area contributed by atoms with E-state index in [0.29, 0.717) is 17.9 Å². The Morgan fingerprint density at radius 2 is 1.81 bits per heavy atom. The summed E-state index contributed by atoms with van der Waals surface area (Å²) in [7, 11) is -3.14. The van der Waals surface area contributed by atoms with Crippen LogP contribution in [0.1, 0.15) is 42.5 Å². The Kier molecular flexibility index (Phi) is 6.74. The number of nitrogens with zero attached hydrogens (tertiary/aromatic N) is 2. The van der Waals surface area contributed by atoms with Crippen LogP contribution in [-0.2, 0) is 19.4 Å². The van der Waals surface area contributed by atoms with Gasteiger partial charge in [0.15, 0.2) is 16.4 Å². The smallest absolute Gasteiger partial charge is 0.342 e. The van der Waals surface area contributed by atoms with Gasteiger partial charge in [-0.1, -0.05) is 25.0 Å². The van der Waals surface area contributed by atoms with Crippen LogP contribution in [0.15, 0.2) is 48.8 Å². The zero-order chi connectivity index (χ0) is 22.6. The maximum atomic E-state index is 13.1. The Morgan fingerprint density at radius 1 is 1.03 bits per heavy atom. The molecule has 170 valence electrons. The number of hydrogen-bond acceptors (Lipinski definition) is 7. The molecule has 2 aliphatic rings. The lowest BCUT2D eigenvalue weighted by molar-refractivity contribution is -0.139. The lowest BCUT2D eigenvalue weighted by Crippen LogP contribution is -2.48. The lowest BCUT2D eigenvalue weighted by atomic mass is 10.1. The van der Waals surface area contributed by atoms with E-state index in [-0.39, 0.29) is 35.1 Å². The average molecular weight is 459 g/mol. The van der Waals surface area contributed by atoms with E-state index in [0.717, 1.165) is 25.7 Å². The molecule has 1 aliphatic carbocycles. The molecule has 0 spiro atoms. The SMILES string of the molecule is O=C(OCC(=O)N(C1CCCC1)C1CCS(=O)(=O)C1)c1ccccc1Oc1cccnc1. The Balaban J connectivity index is 1.44. The van der Waals surface area contributed by atoms with Gasteiger partial charge in [0.05, 0.1) is 17.7 Å². The molecule has 1 aliphatic heterocycles. The van der Waals surface area contributed by atoms with Crippen LogP contribution in [-0.4, -0.2) is 60.4 Å². The summed E-state index contributed by atoms with van der Waals surface area (Å²) in [5, 5.41) is 0. The number of hydrogen-bond donors (Lipinski definition) is 0. The third-order valence-corrected chi connectivity index (χ3v) is 7.65. The molecular formula is C23H26N2O6S. The molecule has 9 heteroatoms. The molecule has 8 nitrogen and oxygen atoms in total. The summed E-state index contributed by atoms with van der Waals surface area (Å²) >= 11 is 0. The van der Waals surface area contributed by atoms with Crippen molar-refractivity contribution in [2.75, 3.05) is 18.1 Å². The fourth-order valence-corrected chi connectivity index (χ4v) is 6.13. The average Bonchev–Trinajstić information content (AvgIpc) is 3.43. The van der Waals surface area contributed by atoms with E-state index in [2.05, 4.69) is 4.98 Å². The second-order valence-electron chi connectivity index (χ2n) is 8.16. The van der Waals surface area contributed by atoms with Crippen molar-refractivity contribution in [2.24, 2.45) is 0 Å². The lowest BCUT2D eigenvalue weighted by Gasteiger charge is -2.33. The fraction of sp³-hybridized carbons (Fsp3) is 0.435. The first-order valence-corrected chi connectivity index (χ1v) is 12.6. The highest BCUT2D eigenvalue weighted by Crippen LogP contribution is 2.30. The quantitative estimate of drug-likeness (QED) is 0.588. The number of esters is 1. The maximum absolute atomic E-state index is 13.1.